The highest BCUT2D eigenvalue weighted by Gasteiger charge is 2.19. The molecule has 7 heteroatoms. The van der Waals surface area contributed by atoms with Gasteiger partial charge in [0.15, 0.2) is 11.5 Å². The summed E-state index contributed by atoms with van der Waals surface area (Å²) in [7, 11) is 4.43. The van der Waals surface area contributed by atoms with Crippen LogP contribution in [-0.4, -0.2) is 39.4 Å². The molecule has 0 spiro atoms. The van der Waals surface area contributed by atoms with Crippen molar-refractivity contribution in [1.82, 2.24) is 0 Å². The summed E-state index contributed by atoms with van der Waals surface area (Å²) in [4.78, 5) is 23.3. The largest absolute Gasteiger partial charge is 0.497 e. The first-order valence-corrected chi connectivity index (χ1v) is 8.81. The molecular formula is C22H26O7. The zero-order valence-corrected chi connectivity index (χ0v) is 17.1. The van der Waals surface area contributed by atoms with E-state index in [0.29, 0.717) is 22.8 Å². The van der Waals surface area contributed by atoms with Crippen molar-refractivity contribution in [2.75, 3.05) is 21.3 Å². The Kier molecular flexibility index (Phi) is 6.83. The lowest BCUT2D eigenvalue weighted by Crippen LogP contribution is -2.22. The highest BCUT2D eigenvalue weighted by Crippen LogP contribution is 2.30. The summed E-state index contributed by atoms with van der Waals surface area (Å²) in [6.45, 7) is 2.45. The molecule has 0 saturated carbocycles. The molecule has 0 aliphatic rings. The molecular weight excluding hydrogens is 376 g/mol. The van der Waals surface area contributed by atoms with Crippen LogP contribution in [0.3, 0.4) is 0 Å². The van der Waals surface area contributed by atoms with Crippen LogP contribution in [0.15, 0.2) is 36.4 Å². The predicted molar refractivity (Wildman–Crippen MR) is 107 cm³/mol. The van der Waals surface area contributed by atoms with Gasteiger partial charge >= 0.3 is 11.9 Å². The SMILES string of the molecule is [2H]C(c1ccc(OC)c(OC)c1)[C@@H](OC(C)=O)C([2H])c1ccc(OC)cc1OC(C)=O. The van der Waals surface area contributed by atoms with Gasteiger partial charge in [0.25, 0.3) is 0 Å². The second kappa shape index (κ2) is 10.4. The lowest BCUT2D eigenvalue weighted by molar-refractivity contribution is -0.146. The fraction of sp³-hybridized carbons (Fsp3) is 0.364. The molecule has 0 aliphatic heterocycles. The zero-order valence-electron chi connectivity index (χ0n) is 19.1. The predicted octanol–water partition coefficient (Wildman–Crippen LogP) is 3.35. The van der Waals surface area contributed by atoms with Crippen molar-refractivity contribution in [2.24, 2.45) is 0 Å². The van der Waals surface area contributed by atoms with Crippen LogP contribution in [-0.2, 0) is 27.1 Å². The Morgan fingerprint density at radius 3 is 2.17 bits per heavy atom. The first kappa shape index (κ1) is 19.1. The third-order valence-electron chi connectivity index (χ3n) is 3.88. The molecule has 0 N–H and O–H groups in total. The summed E-state index contributed by atoms with van der Waals surface area (Å²) in [5.74, 6) is 0.209. The van der Waals surface area contributed by atoms with E-state index in [9.17, 15) is 9.59 Å². The number of benzene rings is 2. The van der Waals surface area contributed by atoms with Gasteiger partial charge in [-0.15, -0.1) is 0 Å². The van der Waals surface area contributed by atoms with Crippen LogP contribution in [0, 0.1) is 0 Å². The van der Waals surface area contributed by atoms with E-state index in [1.165, 1.54) is 41.2 Å². The molecule has 0 radical (unpaired) electrons. The summed E-state index contributed by atoms with van der Waals surface area (Å²) in [6, 6.07) is 9.50. The molecule has 2 unspecified atom stereocenters. The van der Waals surface area contributed by atoms with Crippen molar-refractivity contribution in [3.8, 4) is 23.0 Å². The number of esters is 2. The number of ether oxygens (including phenoxy) is 5. The smallest absolute Gasteiger partial charge is 0.308 e. The fourth-order valence-corrected chi connectivity index (χ4v) is 2.65. The fourth-order valence-electron chi connectivity index (χ4n) is 2.65. The van der Waals surface area contributed by atoms with Crippen LogP contribution in [0.2, 0.25) is 0 Å². The molecule has 7 nitrogen and oxygen atoms in total. The standard InChI is InChI=1S/C22H26O7/c1-14(23)28-19(10-16-6-9-20(26-4)22(11-16)27-5)12-17-7-8-18(25-3)13-21(17)29-15(2)24/h6-9,11,13,19H,10,12H2,1-5H3/t19-/m1/s1/i10D,12D/t10?,12?,19-. The van der Waals surface area contributed by atoms with Crippen molar-refractivity contribution in [3.63, 3.8) is 0 Å². The van der Waals surface area contributed by atoms with Crippen LogP contribution < -0.4 is 18.9 Å². The van der Waals surface area contributed by atoms with E-state index in [2.05, 4.69) is 0 Å². The maximum Gasteiger partial charge on any atom is 0.308 e. The van der Waals surface area contributed by atoms with E-state index in [1.54, 1.807) is 30.3 Å². The normalized spacial score (nSPS) is 14.5. The average Bonchev–Trinajstić information content (AvgIpc) is 2.75. The topological polar surface area (TPSA) is 80.3 Å². The van der Waals surface area contributed by atoms with Gasteiger partial charge in [0.05, 0.1) is 21.3 Å². The summed E-state index contributed by atoms with van der Waals surface area (Å²) < 4.78 is 43.7. The average molecular weight is 404 g/mol. The van der Waals surface area contributed by atoms with Crippen molar-refractivity contribution in [3.05, 3.63) is 47.5 Å². The van der Waals surface area contributed by atoms with Gasteiger partial charge < -0.3 is 23.7 Å². The van der Waals surface area contributed by atoms with Gasteiger partial charge in [0, 0.05) is 35.4 Å². The van der Waals surface area contributed by atoms with E-state index < -0.39 is 30.8 Å². The summed E-state index contributed by atoms with van der Waals surface area (Å²) in [6.07, 6.45) is -3.54. The lowest BCUT2D eigenvalue weighted by Gasteiger charge is -2.20. The van der Waals surface area contributed by atoms with Crippen molar-refractivity contribution in [2.45, 2.75) is 32.7 Å². The van der Waals surface area contributed by atoms with E-state index in [0.717, 1.165) is 0 Å². The lowest BCUT2D eigenvalue weighted by atomic mass is 10.00. The third kappa shape index (κ3) is 6.41. The first-order valence-electron chi connectivity index (χ1n) is 9.97. The van der Waals surface area contributed by atoms with Crippen LogP contribution in [0.5, 0.6) is 23.0 Å². The molecule has 0 saturated heterocycles. The van der Waals surface area contributed by atoms with Gasteiger partial charge in [0.1, 0.15) is 17.6 Å². The molecule has 2 aromatic rings. The van der Waals surface area contributed by atoms with Gasteiger partial charge in [-0.1, -0.05) is 12.1 Å². The maximum absolute atomic E-state index is 11.8. The molecule has 3 atom stereocenters. The van der Waals surface area contributed by atoms with Crippen molar-refractivity contribution >= 4 is 11.9 Å². The number of methoxy groups -OCH3 is 3. The van der Waals surface area contributed by atoms with Gasteiger partial charge in [-0.2, -0.15) is 0 Å². The first-order chi connectivity index (χ1) is 14.7. The molecule has 2 aromatic carbocycles. The molecule has 0 heterocycles. The monoisotopic (exact) mass is 404 g/mol. The second-order valence-electron chi connectivity index (χ2n) is 6.02. The quantitative estimate of drug-likeness (QED) is 0.468. The summed E-state index contributed by atoms with van der Waals surface area (Å²) >= 11 is 0. The van der Waals surface area contributed by atoms with E-state index in [4.69, 9.17) is 26.4 Å². The number of carbonyl (C=O) groups is 2. The summed E-state index contributed by atoms with van der Waals surface area (Å²) in [5.41, 5.74) is 0.740. The van der Waals surface area contributed by atoms with Gasteiger partial charge in [-0.25, -0.2) is 0 Å². The number of carbonyl (C=O) groups excluding carboxylic acids is 2. The molecule has 0 fully saturated rings. The van der Waals surface area contributed by atoms with Gasteiger partial charge in [-0.05, 0) is 29.3 Å². The van der Waals surface area contributed by atoms with Crippen LogP contribution in [0.1, 0.15) is 27.7 Å². The van der Waals surface area contributed by atoms with E-state index >= 15 is 0 Å². The molecule has 156 valence electrons. The summed E-state index contributed by atoms with van der Waals surface area (Å²) in [5, 5.41) is 0. The number of hydrogen-bond donors (Lipinski definition) is 0. The molecule has 0 aromatic heterocycles. The Balaban J connectivity index is 2.49. The maximum atomic E-state index is 11.8. The molecule has 0 aliphatic carbocycles. The highest BCUT2D eigenvalue weighted by atomic mass is 16.5. The number of rotatable bonds is 9. The molecule has 0 bridgehead atoms. The Labute approximate surface area is 173 Å². The molecule has 0 amide bonds. The minimum absolute atomic E-state index is 0.100. The Hall–Kier alpha value is -3.22. The van der Waals surface area contributed by atoms with Crippen molar-refractivity contribution < 1.29 is 36.0 Å². The van der Waals surface area contributed by atoms with E-state index in [-0.39, 0.29) is 11.3 Å². The number of hydrogen-bond acceptors (Lipinski definition) is 7. The minimum atomic E-state index is -1.22. The zero-order chi connectivity index (χ0) is 23.1. The van der Waals surface area contributed by atoms with Crippen molar-refractivity contribution in [1.29, 1.82) is 0 Å². The minimum Gasteiger partial charge on any atom is -0.497 e. The second-order valence-corrected chi connectivity index (χ2v) is 6.02. The van der Waals surface area contributed by atoms with Crippen LogP contribution in [0.4, 0.5) is 0 Å². The van der Waals surface area contributed by atoms with E-state index in [1.807, 2.05) is 0 Å². The van der Waals surface area contributed by atoms with Crippen LogP contribution in [0.25, 0.3) is 0 Å². The van der Waals surface area contributed by atoms with Gasteiger partial charge in [-0.3, -0.25) is 9.59 Å². The third-order valence-corrected chi connectivity index (χ3v) is 3.88. The Morgan fingerprint density at radius 1 is 0.862 bits per heavy atom. The molecule has 29 heavy (non-hydrogen) atoms. The van der Waals surface area contributed by atoms with Crippen LogP contribution >= 0.6 is 0 Å². The Morgan fingerprint density at radius 2 is 1.59 bits per heavy atom. The Bertz CT molecular complexity index is 932. The highest BCUT2D eigenvalue weighted by molar-refractivity contribution is 5.70. The van der Waals surface area contributed by atoms with Gasteiger partial charge in [0.2, 0.25) is 0 Å². The molecule has 2 rings (SSSR count).